The van der Waals surface area contributed by atoms with E-state index in [1.165, 1.54) is 6.08 Å². The number of hydrogen-bond acceptors (Lipinski definition) is 8. The van der Waals surface area contributed by atoms with Gasteiger partial charge in [0.25, 0.3) is 0 Å². The second kappa shape index (κ2) is 25.2. The fraction of sp³-hybridized carbons (Fsp3) is 0.528. The summed E-state index contributed by atoms with van der Waals surface area (Å²) in [6.45, 7) is 26.2. The van der Waals surface area contributed by atoms with Gasteiger partial charge in [-0.1, -0.05) is 135 Å². The van der Waals surface area contributed by atoms with E-state index in [0.29, 0.717) is 17.3 Å². The van der Waals surface area contributed by atoms with E-state index < -0.39 is 65.9 Å². The summed E-state index contributed by atoms with van der Waals surface area (Å²) >= 11 is 3.64. The summed E-state index contributed by atoms with van der Waals surface area (Å²) in [6.07, 6.45) is 6.35. The van der Waals surface area contributed by atoms with Gasteiger partial charge in [0.1, 0.15) is 6.61 Å². The van der Waals surface area contributed by atoms with Crippen LogP contribution in [0.15, 0.2) is 89.9 Å². The molecule has 11 nitrogen and oxygen atoms in total. The highest BCUT2D eigenvalue weighted by atomic mass is 79.9. The van der Waals surface area contributed by atoms with Gasteiger partial charge in [-0.3, -0.25) is 18.0 Å². The molecular weight excluding hydrogens is 1010 g/mol. The number of likely N-dealkylation sites (N-methyl/N-ethyl adjacent to an activating group) is 2. The Morgan fingerprint density at radius 1 is 0.768 bits per heavy atom. The van der Waals surface area contributed by atoms with Crippen molar-refractivity contribution >= 4 is 89.0 Å². The van der Waals surface area contributed by atoms with Gasteiger partial charge in [0.2, 0.25) is 11.8 Å². The fourth-order valence-corrected chi connectivity index (χ4v) is 17.8. The number of anilines is 2. The predicted octanol–water partition coefficient (Wildman–Crippen LogP) is 10.6. The maximum atomic E-state index is 13.9. The van der Waals surface area contributed by atoms with E-state index in [-0.39, 0.29) is 37.1 Å². The molecule has 0 fully saturated rings. The molecule has 16 heteroatoms. The number of amides is 3. The number of nitrogens with one attached hydrogen (secondary N) is 1. The molecule has 0 unspecified atom stereocenters. The molecular formula is C53H80BrN3O8S2Si2. The number of carbonyl (C=O) groups is 3. The molecule has 2 aliphatic rings. The minimum atomic E-state index is -1.43. The first-order chi connectivity index (χ1) is 31.9. The lowest BCUT2D eigenvalue weighted by atomic mass is 9.77. The van der Waals surface area contributed by atoms with Gasteiger partial charge < -0.3 is 30.1 Å². The maximum absolute atomic E-state index is 13.9. The van der Waals surface area contributed by atoms with E-state index in [9.17, 15) is 27.9 Å². The molecule has 3 N–H and O–H groups in total. The number of halogens is 1. The predicted molar refractivity (Wildman–Crippen MR) is 299 cm³/mol. The quantitative estimate of drug-likeness (QED) is 0.0747. The molecule has 0 aliphatic carbocycles. The van der Waals surface area contributed by atoms with Crippen molar-refractivity contribution in [1.29, 1.82) is 0 Å². The Bertz CT molecular complexity index is 2320. The molecule has 2 aliphatic heterocycles. The third-order valence-electron chi connectivity index (χ3n) is 12.0. The van der Waals surface area contributed by atoms with E-state index in [4.69, 9.17) is 9.84 Å². The molecule has 5 rings (SSSR count). The molecule has 0 bridgehead atoms. The molecule has 3 aromatic carbocycles. The summed E-state index contributed by atoms with van der Waals surface area (Å²) in [6, 6.07) is 23.0. The smallest absolute Gasteiger partial charge is 0.407 e. The molecule has 0 spiro atoms. The molecule has 4 atom stereocenters. The lowest BCUT2D eigenvalue weighted by Gasteiger charge is -2.30. The Hall–Kier alpha value is -3.52. The number of carbonyl (C=O) groups excluding carboxylic acids is 3. The summed E-state index contributed by atoms with van der Waals surface area (Å²) < 4.78 is 32.6. The van der Waals surface area contributed by atoms with Gasteiger partial charge in [-0.25, -0.2) is 4.79 Å². The molecule has 3 amide bonds. The topological polar surface area (TPSA) is 154 Å². The first-order valence-electron chi connectivity index (χ1n) is 23.8. The summed E-state index contributed by atoms with van der Waals surface area (Å²) in [4.78, 5) is 42.9. The number of aliphatic hydroxyl groups is 2. The lowest BCUT2D eigenvalue weighted by molar-refractivity contribution is -0.123. The van der Waals surface area contributed by atoms with E-state index >= 15 is 0 Å². The van der Waals surface area contributed by atoms with Crippen LogP contribution in [0.1, 0.15) is 76.1 Å². The molecule has 2 heterocycles. The Morgan fingerprint density at radius 2 is 1.25 bits per heavy atom. The molecule has 3 aromatic rings. The number of hydrogen-bond donors (Lipinski definition) is 3. The van der Waals surface area contributed by atoms with Crippen LogP contribution in [0.2, 0.25) is 51.4 Å². The van der Waals surface area contributed by atoms with Gasteiger partial charge in [-0.05, 0) is 87.5 Å². The number of nitrogens with zero attached hydrogens (tertiary/aromatic N) is 2. The molecule has 382 valence electrons. The first-order valence-corrected chi connectivity index (χ1v) is 35.0. The zero-order chi connectivity index (χ0) is 52.2. The van der Waals surface area contributed by atoms with Crippen LogP contribution in [0.4, 0.5) is 16.2 Å². The van der Waals surface area contributed by atoms with Crippen molar-refractivity contribution in [3.8, 4) is 0 Å². The maximum Gasteiger partial charge on any atom is 0.407 e. The van der Waals surface area contributed by atoms with Crippen molar-refractivity contribution in [2.24, 2.45) is 0 Å². The van der Waals surface area contributed by atoms with Crippen molar-refractivity contribution in [2.45, 2.75) is 134 Å². The van der Waals surface area contributed by atoms with Gasteiger partial charge >= 0.3 is 6.09 Å². The Balaban J connectivity index is 0.000000355. The molecule has 69 heavy (non-hydrogen) atoms. The lowest BCUT2D eigenvalue weighted by Crippen LogP contribution is -2.46. The van der Waals surface area contributed by atoms with E-state index in [1.807, 2.05) is 79.9 Å². The van der Waals surface area contributed by atoms with Crippen LogP contribution in [-0.2, 0) is 53.4 Å². The van der Waals surface area contributed by atoms with Crippen molar-refractivity contribution in [1.82, 2.24) is 5.32 Å². The monoisotopic (exact) mass is 1090 g/mol. The Morgan fingerprint density at radius 3 is 1.71 bits per heavy atom. The third-order valence-corrected chi connectivity index (χ3v) is 19.9. The SMILES string of the molecule is C=CC(C)(C)O.CCC[C@@]1(C[S@@](=O)CC[Si](C)(C)C)C(=O)N(C)c2cccc(Br)c21.CN1C(=O)[C@@](CCNC(=O)OCc2ccccc2)(C[S@@](=O)CC[Si](C)(C)C)c2c(/C=C/C(C)(C)O)cccc21. The third kappa shape index (κ3) is 17.6. The Labute approximate surface area is 429 Å². The average molecular weight is 1090 g/mol. The zero-order valence-corrected chi connectivity index (χ0v) is 48.7. The van der Waals surface area contributed by atoms with Gasteiger partial charge in [0, 0.05) is 103 Å². The van der Waals surface area contributed by atoms with Crippen molar-refractivity contribution in [2.75, 3.05) is 53.5 Å². The highest BCUT2D eigenvalue weighted by Crippen LogP contribution is 2.49. The molecule has 0 saturated carbocycles. The molecule has 0 aromatic heterocycles. The number of rotatable bonds is 20. The van der Waals surface area contributed by atoms with Crippen LogP contribution in [0.5, 0.6) is 0 Å². The number of alkyl carbamates (subject to hydrolysis) is 1. The van der Waals surface area contributed by atoms with E-state index in [2.05, 4.69) is 74.0 Å². The van der Waals surface area contributed by atoms with Crippen LogP contribution in [0, 0.1) is 0 Å². The van der Waals surface area contributed by atoms with Gasteiger partial charge in [0.15, 0.2) is 0 Å². The minimum absolute atomic E-state index is 0.0904. The molecule has 0 saturated heterocycles. The number of ether oxygens (including phenoxy) is 1. The average Bonchev–Trinajstić information content (AvgIpc) is 3.59. The minimum Gasteiger partial charge on any atom is -0.445 e. The zero-order valence-electron chi connectivity index (χ0n) is 43.5. The second-order valence-electron chi connectivity index (χ2n) is 21.8. The summed E-state index contributed by atoms with van der Waals surface area (Å²) in [5.74, 6) is 1.80. The van der Waals surface area contributed by atoms with Crippen LogP contribution >= 0.6 is 15.9 Å². The van der Waals surface area contributed by atoms with Crippen molar-refractivity contribution in [3.63, 3.8) is 0 Å². The van der Waals surface area contributed by atoms with Gasteiger partial charge in [-0.2, -0.15) is 0 Å². The van der Waals surface area contributed by atoms with Crippen LogP contribution in [0.25, 0.3) is 6.08 Å². The van der Waals surface area contributed by atoms with Gasteiger partial charge in [0.05, 0.1) is 22.0 Å². The van der Waals surface area contributed by atoms with Crippen LogP contribution in [0.3, 0.4) is 0 Å². The number of benzene rings is 3. The van der Waals surface area contributed by atoms with Crippen LogP contribution < -0.4 is 15.1 Å². The standard InChI is InChI=1S/C30H42N2O5SSi.C18H28BrNO2SSi.C5H10O/c1-29(2,35)16-15-24-13-10-14-25-26(24)30(27(33)32(25)3,22-38(36)19-20-39(4,5)6)17-18-31-28(34)37-21-23-11-8-7-9-12-23;1-6-10-18(13-23(22)11-12-24(3,4)5)16-14(19)8-7-9-15(16)20(2)17(18)21;1-4-5(2,3)6/h7-16,35H,17-22H2,1-6H3,(H,31,34);7-9H,6,10-13H2,1-5H3;4,6H,1H2,2-3H3/b16-15+;;/t30-,38-;18-,23-;/m00./s1. The highest BCUT2D eigenvalue weighted by molar-refractivity contribution is 9.10. The normalized spacial score (nSPS) is 19.0. The summed E-state index contributed by atoms with van der Waals surface area (Å²) in [7, 11) is -1.31. The van der Waals surface area contributed by atoms with Crippen molar-refractivity contribution < 1.29 is 37.8 Å². The Kier molecular flexibility index (Phi) is 21.9. The summed E-state index contributed by atoms with van der Waals surface area (Å²) in [5.41, 5.74) is 1.73. The van der Waals surface area contributed by atoms with Crippen LogP contribution in [-0.4, -0.2) is 108 Å². The largest absolute Gasteiger partial charge is 0.445 e. The summed E-state index contributed by atoms with van der Waals surface area (Å²) in [5, 5.41) is 21.8. The van der Waals surface area contributed by atoms with Gasteiger partial charge in [-0.15, -0.1) is 6.58 Å². The number of fused-ring (bicyclic) bond motifs is 2. The second-order valence-corrected chi connectivity index (χ2v) is 37.0. The van der Waals surface area contributed by atoms with Crippen molar-refractivity contribution in [3.05, 3.63) is 112 Å². The van der Waals surface area contributed by atoms with E-state index in [0.717, 1.165) is 63.0 Å². The fourth-order valence-electron chi connectivity index (χ4n) is 8.12. The molecule has 0 radical (unpaired) electrons. The highest BCUT2D eigenvalue weighted by Gasteiger charge is 2.52. The first kappa shape index (κ1) is 59.8. The van der Waals surface area contributed by atoms with E-state index in [1.54, 1.807) is 50.6 Å².